The van der Waals surface area contributed by atoms with Gasteiger partial charge in [-0.3, -0.25) is 14.9 Å². The fourth-order valence-corrected chi connectivity index (χ4v) is 0.960. The summed E-state index contributed by atoms with van der Waals surface area (Å²) in [6.07, 6.45) is -5.14. The Labute approximate surface area is 85.6 Å². The first-order valence-corrected chi connectivity index (χ1v) is 3.79. The molecule has 86 valence electrons. The number of carbonyl (C=O) groups excluding carboxylic acids is 1. The third kappa shape index (κ3) is 2.33. The molecule has 0 aliphatic rings. The smallest absolute Gasteiger partial charge is 0.284 e. The second kappa shape index (κ2) is 3.87. The summed E-state index contributed by atoms with van der Waals surface area (Å²) in [6.45, 7) is 0. The number of alkyl halides is 3. The zero-order valence-electron chi connectivity index (χ0n) is 7.42. The van der Waals surface area contributed by atoms with Crippen molar-refractivity contribution < 1.29 is 27.3 Å². The summed E-state index contributed by atoms with van der Waals surface area (Å²) in [5.41, 5.74) is -1.96. The van der Waals surface area contributed by atoms with Crippen LogP contribution in [0, 0.1) is 15.9 Å². The SMILES string of the molecule is O=C(c1ccc([N+](=O)[O-])c(F)c1)C(F)(F)F. The molecule has 0 spiro atoms. The number of ketones is 1. The number of nitrogens with zero attached hydrogens (tertiary/aromatic N) is 1. The summed E-state index contributed by atoms with van der Waals surface area (Å²) in [7, 11) is 0. The molecule has 8 heteroatoms. The topological polar surface area (TPSA) is 60.2 Å². The van der Waals surface area contributed by atoms with Crippen molar-refractivity contribution >= 4 is 11.5 Å². The molecule has 0 aliphatic heterocycles. The highest BCUT2D eigenvalue weighted by Crippen LogP contribution is 2.24. The van der Waals surface area contributed by atoms with Gasteiger partial charge in [0.2, 0.25) is 5.82 Å². The summed E-state index contributed by atoms with van der Waals surface area (Å²) in [5, 5.41) is 10.2. The van der Waals surface area contributed by atoms with E-state index in [4.69, 9.17) is 0 Å². The normalized spacial score (nSPS) is 11.2. The van der Waals surface area contributed by atoms with Gasteiger partial charge < -0.3 is 0 Å². The molecule has 1 aromatic rings. The van der Waals surface area contributed by atoms with Crippen LogP contribution in [-0.4, -0.2) is 16.9 Å². The first-order chi connectivity index (χ1) is 7.23. The summed E-state index contributed by atoms with van der Waals surface area (Å²) in [6, 6.07) is 1.25. The van der Waals surface area contributed by atoms with E-state index < -0.39 is 34.0 Å². The summed E-state index contributed by atoms with van der Waals surface area (Å²) in [4.78, 5) is 19.7. The molecule has 1 rings (SSSR count). The Bertz CT molecular complexity index is 455. The van der Waals surface area contributed by atoms with Crippen molar-refractivity contribution in [2.24, 2.45) is 0 Å². The lowest BCUT2D eigenvalue weighted by molar-refractivity contribution is -0.387. The zero-order chi connectivity index (χ0) is 12.5. The summed E-state index contributed by atoms with van der Waals surface area (Å²) in [5.74, 6) is -3.73. The highest BCUT2D eigenvalue weighted by Gasteiger charge is 2.39. The van der Waals surface area contributed by atoms with E-state index in [-0.39, 0.29) is 6.07 Å². The van der Waals surface area contributed by atoms with Crippen molar-refractivity contribution in [1.29, 1.82) is 0 Å². The van der Waals surface area contributed by atoms with E-state index >= 15 is 0 Å². The predicted molar refractivity (Wildman–Crippen MR) is 43.4 cm³/mol. The molecule has 0 N–H and O–H groups in total. The van der Waals surface area contributed by atoms with Crippen LogP contribution in [0.2, 0.25) is 0 Å². The van der Waals surface area contributed by atoms with Crippen LogP contribution in [0.3, 0.4) is 0 Å². The van der Waals surface area contributed by atoms with Crippen LogP contribution < -0.4 is 0 Å². The van der Waals surface area contributed by atoms with E-state index in [1.165, 1.54) is 0 Å². The van der Waals surface area contributed by atoms with Gasteiger partial charge in [0.25, 0.3) is 5.78 Å². The van der Waals surface area contributed by atoms with Gasteiger partial charge in [-0.25, -0.2) is 0 Å². The molecule has 0 radical (unpaired) electrons. The lowest BCUT2D eigenvalue weighted by Crippen LogP contribution is -2.22. The third-order valence-corrected chi connectivity index (χ3v) is 1.66. The molecule has 0 bridgehead atoms. The van der Waals surface area contributed by atoms with Gasteiger partial charge in [-0.05, 0) is 12.1 Å². The van der Waals surface area contributed by atoms with Crippen molar-refractivity contribution in [3.05, 3.63) is 39.7 Å². The molecule has 0 aromatic heterocycles. The maximum atomic E-state index is 12.9. The quantitative estimate of drug-likeness (QED) is 0.343. The first-order valence-electron chi connectivity index (χ1n) is 3.79. The monoisotopic (exact) mass is 237 g/mol. The number of Topliss-reactive ketones (excluding diaryl/α,β-unsaturated/α-hetero) is 1. The largest absolute Gasteiger partial charge is 0.454 e. The number of halogens is 4. The standard InChI is InChI=1S/C8H3F4NO3/c9-5-3-4(7(14)8(10,11)12)1-2-6(5)13(15)16/h1-3H. The molecule has 0 atom stereocenters. The number of nitro benzene ring substituents is 1. The number of benzene rings is 1. The van der Waals surface area contributed by atoms with Gasteiger partial charge in [0.05, 0.1) is 4.92 Å². The zero-order valence-corrected chi connectivity index (χ0v) is 7.42. The van der Waals surface area contributed by atoms with Gasteiger partial charge in [-0.1, -0.05) is 0 Å². The molecular formula is C8H3F4NO3. The van der Waals surface area contributed by atoms with Crippen molar-refractivity contribution in [3.8, 4) is 0 Å². The van der Waals surface area contributed by atoms with Crippen LogP contribution in [0.1, 0.15) is 10.4 Å². The Morgan fingerprint density at radius 1 is 1.31 bits per heavy atom. The molecule has 0 aliphatic carbocycles. The lowest BCUT2D eigenvalue weighted by Gasteiger charge is -2.04. The van der Waals surface area contributed by atoms with Crippen LogP contribution in [0.15, 0.2) is 18.2 Å². The Kier molecular flexibility index (Phi) is 2.92. The minimum Gasteiger partial charge on any atom is -0.284 e. The van der Waals surface area contributed by atoms with E-state index in [0.717, 1.165) is 0 Å². The molecule has 0 unspecified atom stereocenters. The van der Waals surface area contributed by atoms with Crippen molar-refractivity contribution in [3.63, 3.8) is 0 Å². The fraction of sp³-hybridized carbons (Fsp3) is 0.125. The van der Waals surface area contributed by atoms with Crippen LogP contribution in [0.5, 0.6) is 0 Å². The van der Waals surface area contributed by atoms with Gasteiger partial charge >= 0.3 is 11.9 Å². The van der Waals surface area contributed by atoms with Gasteiger partial charge in [-0.2, -0.15) is 17.6 Å². The maximum absolute atomic E-state index is 12.9. The molecule has 0 saturated carbocycles. The molecule has 16 heavy (non-hydrogen) atoms. The average Bonchev–Trinajstić information content (AvgIpc) is 2.14. The Hall–Kier alpha value is -1.99. The van der Waals surface area contributed by atoms with Crippen molar-refractivity contribution in [2.75, 3.05) is 0 Å². The van der Waals surface area contributed by atoms with Crippen molar-refractivity contribution in [1.82, 2.24) is 0 Å². The maximum Gasteiger partial charge on any atom is 0.454 e. The average molecular weight is 237 g/mol. The Balaban J connectivity index is 3.17. The van der Waals surface area contributed by atoms with E-state index in [1.807, 2.05) is 0 Å². The highest BCUT2D eigenvalue weighted by molar-refractivity contribution is 6.00. The predicted octanol–water partition coefficient (Wildman–Crippen LogP) is 2.48. The number of hydrogen-bond acceptors (Lipinski definition) is 3. The fourth-order valence-electron chi connectivity index (χ4n) is 0.960. The van der Waals surface area contributed by atoms with Crippen LogP contribution >= 0.6 is 0 Å². The first kappa shape index (κ1) is 12.1. The molecule has 0 amide bonds. The Morgan fingerprint density at radius 2 is 1.88 bits per heavy atom. The number of hydrogen-bond donors (Lipinski definition) is 0. The third-order valence-electron chi connectivity index (χ3n) is 1.66. The van der Waals surface area contributed by atoms with Crippen LogP contribution in [0.4, 0.5) is 23.2 Å². The van der Waals surface area contributed by atoms with E-state index in [2.05, 4.69) is 0 Å². The van der Waals surface area contributed by atoms with Crippen LogP contribution in [-0.2, 0) is 0 Å². The second-order valence-corrected chi connectivity index (χ2v) is 2.75. The highest BCUT2D eigenvalue weighted by atomic mass is 19.4. The Morgan fingerprint density at radius 3 is 2.25 bits per heavy atom. The lowest BCUT2D eigenvalue weighted by atomic mass is 10.1. The van der Waals surface area contributed by atoms with Gasteiger partial charge in [0.1, 0.15) is 0 Å². The molecule has 4 nitrogen and oxygen atoms in total. The molecular weight excluding hydrogens is 234 g/mol. The van der Waals surface area contributed by atoms with E-state index in [9.17, 15) is 32.5 Å². The minimum atomic E-state index is -5.14. The molecule has 0 saturated heterocycles. The number of carbonyl (C=O) groups is 1. The van der Waals surface area contributed by atoms with Gasteiger partial charge in [0.15, 0.2) is 0 Å². The van der Waals surface area contributed by atoms with Gasteiger partial charge in [-0.15, -0.1) is 0 Å². The van der Waals surface area contributed by atoms with Crippen molar-refractivity contribution in [2.45, 2.75) is 6.18 Å². The minimum absolute atomic E-state index is 0.188. The summed E-state index contributed by atoms with van der Waals surface area (Å²) < 4.78 is 48.6. The second-order valence-electron chi connectivity index (χ2n) is 2.75. The number of rotatable bonds is 2. The molecule has 1 aromatic carbocycles. The molecule has 0 fully saturated rings. The van der Waals surface area contributed by atoms with Crippen LogP contribution in [0.25, 0.3) is 0 Å². The number of nitro groups is 1. The summed E-state index contributed by atoms with van der Waals surface area (Å²) >= 11 is 0. The van der Waals surface area contributed by atoms with E-state index in [0.29, 0.717) is 12.1 Å². The van der Waals surface area contributed by atoms with Gasteiger partial charge in [0, 0.05) is 11.6 Å². The van der Waals surface area contributed by atoms with E-state index in [1.54, 1.807) is 0 Å². The molecule has 0 heterocycles.